The first-order valence-electron chi connectivity index (χ1n) is 5.84. The molecule has 0 aromatic heterocycles. The average Bonchev–Trinajstić information content (AvgIpc) is 2.02. The van der Waals surface area contributed by atoms with E-state index >= 15 is 0 Å². The molecular weight excluding hydrogens is 238 g/mol. The Morgan fingerprint density at radius 1 is 0.929 bits per heavy atom. The van der Waals surface area contributed by atoms with E-state index in [9.17, 15) is 0 Å². The summed E-state index contributed by atoms with van der Waals surface area (Å²) in [5, 5.41) is 1.14. The standard InChI is InChI=1S/C12H26BrN/c1-11(2)9-14(10-12(3)4)8-6-5-7-13/h11-12H,5-10H2,1-4H3. The van der Waals surface area contributed by atoms with Gasteiger partial charge in [0.15, 0.2) is 0 Å². The smallest absolute Gasteiger partial charge is 0.00317 e. The highest BCUT2D eigenvalue weighted by molar-refractivity contribution is 9.09. The fourth-order valence-electron chi connectivity index (χ4n) is 1.72. The van der Waals surface area contributed by atoms with Crippen LogP contribution in [0.2, 0.25) is 0 Å². The molecule has 0 amide bonds. The molecule has 2 heteroatoms. The first-order chi connectivity index (χ1) is 6.56. The lowest BCUT2D eigenvalue weighted by molar-refractivity contribution is 0.217. The maximum Gasteiger partial charge on any atom is 0.00317 e. The minimum atomic E-state index is 0.790. The SMILES string of the molecule is CC(C)CN(CCCCBr)CC(C)C. The number of alkyl halides is 1. The molecule has 0 aromatic carbocycles. The molecule has 0 saturated heterocycles. The summed E-state index contributed by atoms with van der Waals surface area (Å²) in [5.74, 6) is 1.58. The summed E-state index contributed by atoms with van der Waals surface area (Å²) in [6, 6.07) is 0. The molecule has 0 radical (unpaired) electrons. The summed E-state index contributed by atoms with van der Waals surface area (Å²) in [6.45, 7) is 13.0. The molecule has 0 rings (SSSR count). The van der Waals surface area contributed by atoms with Crippen molar-refractivity contribution in [2.24, 2.45) is 11.8 Å². The van der Waals surface area contributed by atoms with E-state index in [4.69, 9.17) is 0 Å². The molecule has 0 heterocycles. The Morgan fingerprint density at radius 2 is 1.43 bits per heavy atom. The maximum absolute atomic E-state index is 3.48. The van der Waals surface area contributed by atoms with Crippen LogP contribution < -0.4 is 0 Å². The van der Waals surface area contributed by atoms with E-state index in [0.717, 1.165) is 17.2 Å². The summed E-state index contributed by atoms with van der Waals surface area (Å²) < 4.78 is 0. The minimum absolute atomic E-state index is 0.790. The van der Waals surface area contributed by atoms with Gasteiger partial charge in [-0.1, -0.05) is 43.6 Å². The van der Waals surface area contributed by atoms with E-state index < -0.39 is 0 Å². The summed E-state index contributed by atoms with van der Waals surface area (Å²) in [7, 11) is 0. The van der Waals surface area contributed by atoms with Gasteiger partial charge in [0.25, 0.3) is 0 Å². The zero-order valence-corrected chi connectivity index (χ0v) is 11.8. The van der Waals surface area contributed by atoms with Crippen LogP contribution >= 0.6 is 15.9 Å². The van der Waals surface area contributed by atoms with Gasteiger partial charge in [-0.3, -0.25) is 0 Å². The molecule has 0 aliphatic carbocycles. The summed E-state index contributed by atoms with van der Waals surface area (Å²) in [6.07, 6.45) is 2.62. The monoisotopic (exact) mass is 263 g/mol. The van der Waals surface area contributed by atoms with Gasteiger partial charge in [0, 0.05) is 18.4 Å². The molecule has 14 heavy (non-hydrogen) atoms. The van der Waals surface area contributed by atoms with Crippen LogP contribution in [0.4, 0.5) is 0 Å². The minimum Gasteiger partial charge on any atom is -0.303 e. The zero-order valence-electron chi connectivity index (χ0n) is 10.2. The zero-order chi connectivity index (χ0) is 11.0. The van der Waals surface area contributed by atoms with Crippen LogP contribution in [0, 0.1) is 11.8 Å². The second kappa shape index (κ2) is 8.72. The van der Waals surface area contributed by atoms with Crippen molar-refractivity contribution in [3.05, 3.63) is 0 Å². The van der Waals surface area contributed by atoms with Crippen LogP contribution in [0.5, 0.6) is 0 Å². The third-order valence-electron chi connectivity index (χ3n) is 2.10. The summed E-state index contributed by atoms with van der Waals surface area (Å²) in [4.78, 5) is 2.61. The topological polar surface area (TPSA) is 3.24 Å². The number of nitrogens with zero attached hydrogens (tertiary/aromatic N) is 1. The van der Waals surface area contributed by atoms with Crippen LogP contribution in [-0.2, 0) is 0 Å². The molecule has 1 nitrogen and oxygen atoms in total. The quantitative estimate of drug-likeness (QED) is 0.476. The van der Waals surface area contributed by atoms with Crippen molar-refractivity contribution in [2.75, 3.05) is 25.0 Å². The number of hydrogen-bond donors (Lipinski definition) is 0. The number of hydrogen-bond acceptors (Lipinski definition) is 1. The highest BCUT2D eigenvalue weighted by Gasteiger charge is 2.08. The van der Waals surface area contributed by atoms with E-state index in [1.807, 2.05) is 0 Å². The first-order valence-corrected chi connectivity index (χ1v) is 6.96. The Morgan fingerprint density at radius 3 is 1.79 bits per heavy atom. The molecule has 0 aliphatic heterocycles. The van der Waals surface area contributed by atoms with Crippen molar-refractivity contribution in [1.82, 2.24) is 4.90 Å². The van der Waals surface area contributed by atoms with Gasteiger partial charge in [0.05, 0.1) is 0 Å². The highest BCUT2D eigenvalue weighted by atomic mass is 79.9. The van der Waals surface area contributed by atoms with Crippen molar-refractivity contribution >= 4 is 15.9 Å². The van der Waals surface area contributed by atoms with Gasteiger partial charge in [-0.05, 0) is 31.2 Å². The van der Waals surface area contributed by atoms with Crippen LogP contribution in [-0.4, -0.2) is 29.9 Å². The Hall–Kier alpha value is 0.440. The Balaban J connectivity index is 3.72. The van der Waals surface area contributed by atoms with Crippen molar-refractivity contribution in [3.8, 4) is 0 Å². The fraction of sp³-hybridized carbons (Fsp3) is 1.00. The van der Waals surface area contributed by atoms with Crippen LogP contribution in [0.15, 0.2) is 0 Å². The Labute approximate surface area is 98.4 Å². The third-order valence-corrected chi connectivity index (χ3v) is 2.67. The molecule has 0 N–H and O–H groups in total. The molecule has 86 valence electrons. The second-order valence-electron chi connectivity index (χ2n) is 4.94. The third kappa shape index (κ3) is 9.01. The lowest BCUT2D eigenvalue weighted by Crippen LogP contribution is -2.32. The molecule has 0 atom stereocenters. The molecule has 0 fully saturated rings. The van der Waals surface area contributed by atoms with Crippen LogP contribution in [0.1, 0.15) is 40.5 Å². The molecule has 0 aliphatic rings. The predicted molar refractivity (Wildman–Crippen MR) is 69.1 cm³/mol. The van der Waals surface area contributed by atoms with Crippen molar-refractivity contribution in [1.29, 1.82) is 0 Å². The number of halogens is 1. The largest absolute Gasteiger partial charge is 0.303 e. The lowest BCUT2D eigenvalue weighted by atomic mass is 10.1. The van der Waals surface area contributed by atoms with Gasteiger partial charge in [-0.15, -0.1) is 0 Å². The Bertz CT molecular complexity index is 113. The van der Waals surface area contributed by atoms with Crippen molar-refractivity contribution < 1.29 is 0 Å². The number of unbranched alkanes of at least 4 members (excludes halogenated alkanes) is 1. The van der Waals surface area contributed by atoms with Gasteiger partial charge in [0.1, 0.15) is 0 Å². The van der Waals surface area contributed by atoms with Gasteiger partial charge in [0.2, 0.25) is 0 Å². The van der Waals surface area contributed by atoms with Crippen molar-refractivity contribution in [3.63, 3.8) is 0 Å². The predicted octanol–water partition coefficient (Wildman–Crippen LogP) is 3.78. The van der Waals surface area contributed by atoms with Gasteiger partial charge < -0.3 is 4.90 Å². The molecule has 0 unspecified atom stereocenters. The number of rotatable bonds is 8. The van der Waals surface area contributed by atoms with E-state index in [1.165, 1.54) is 32.5 Å². The van der Waals surface area contributed by atoms with Gasteiger partial charge >= 0.3 is 0 Å². The van der Waals surface area contributed by atoms with Crippen LogP contribution in [0.3, 0.4) is 0 Å². The van der Waals surface area contributed by atoms with Gasteiger partial charge in [-0.2, -0.15) is 0 Å². The van der Waals surface area contributed by atoms with Crippen LogP contribution in [0.25, 0.3) is 0 Å². The average molecular weight is 264 g/mol. The van der Waals surface area contributed by atoms with Crippen molar-refractivity contribution in [2.45, 2.75) is 40.5 Å². The second-order valence-corrected chi connectivity index (χ2v) is 5.74. The molecule has 0 spiro atoms. The summed E-state index contributed by atoms with van der Waals surface area (Å²) in [5.41, 5.74) is 0. The van der Waals surface area contributed by atoms with Gasteiger partial charge in [-0.25, -0.2) is 0 Å². The lowest BCUT2D eigenvalue weighted by Gasteiger charge is -2.25. The molecule has 0 aromatic rings. The van der Waals surface area contributed by atoms with E-state index in [1.54, 1.807) is 0 Å². The summed E-state index contributed by atoms with van der Waals surface area (Å²) >= 11 is 3.48. The van der Waals surface area contributed by atoms with E-state index in [0.29, 0.717) is 0 Å². The fourth-order valence-corrected chi connectivity index (χ4v) is 2.12. The first kappa shape index (κ1) is 14.4. The maximum atomic E-state index is 3.48. The molecule has 0 bridgehead atoms. The van der Waals surface area contributed by atoms with E-state index in [-0.39, 0.29) is 0 Å². The normalized spacial score (nSPS) is 12.0. The molecule has 0 saturated carbocycles. The highest BCUT2D eigenvalue weighted by Crippen LogP contribution is 2.06. The molecular formula is C12H26BrN. The van der Waals surface area contributed by atoms with E-state index in [2.05, 4.69) is 48.5 Å². The Kier molecular flexibility index (Phi) is 9.00.